The molecule has 0 heterocycles. The largest absolute Gasteiger partial charge is 0.508 e. The first-order valence-electron chi connectivity index (χ1n) is 6.26. The van der Waals surface area contributed by atoms with E-state index < -0.39 is 12.4 Å². The molecule has 2 aromatic carbocycles. The van der Waals surface area contributed by atoms with Crippen LogP contribution in [0.3, 0.4) is 0 Å². The summed E-state index contributed by atoms with van der Waals surface area (Å²) in [6.45, 7) is -2.32. The second-order valence-electron chi connectivity index (χ2n) is 4.41. The highest BCUT2D eigenvalue weighted by molar-refractivity contribution is 5.33. The van der Waals surface area contributed by atoms with Gasteiger partial charge in [-0.15, -0.1) is 0 Å². The van der Waals surface area contributed by atoms with Crippen LogP contribution in [0.4, 0.5) is 13.2 Å². The molecule has 0 radical (unpaired) electrons. The van der Waals surface area contributed by atoms with Crippen LogP contribution in [-0.4, -0.2) is 11.7 Å². The molecule has 0 spiro atoms. The van der Waals surface area contributed by atoms with E-state index >= 15 is 0 Å². The van der Waals surface area contributed by atoms with Gasteiger partial charge in [0.2, 0.25) is 0 Å². The summed E-state index contributed by atoms with van der Waals surface area (Å²) in [7, 11) is 0. The van der Waals surface area contributed by atoms with Crippen molar-refractivity contribution in [1.29, 1.82) is 0 Å². The van der Waals surface area contributed by atoms with Crippen LogP contribution in [-0.2, 0) is 13.1 Å². The van der Waals surface area contributed by atoms with Gasteiger partial charge in [0.15, 0.2) is 0 Å². The molecule has 6 heteroatoms. The fraction of sp³-hybridized carbons (Fsp3) is 0.200. The van der Waals surface area contributed by atoms with Crippen molar-refractivity contribution in [2.45, 2.75) is 19.7 Å². The van der Waals surface area contributed by atoms with Gasteiger partial charge in [-0.1, -0.05) is 18.2 Å². The summed E-state index contributed by atoms with van der Waals surface area (Å²) in [5, 5.41) is 12.3. The Kier molecular flexibility index (Phi) is 5.05. The molecule has 0 unspecified atom stereocenters. The number of aromatic hydroxyl groups is 1. The van der Waals surface area contributed by atoms with Crippen molar-refractivity contribution in [3.8, 4) is 11.5 Å². The van der Waals surface area contributed by atoms with Crippen molar-refractivity contribution in [2.24, 2.45) is 0 Å². The molecule has 2 aromatic rings. The Labute approximate surface area is 120 Å². The number of alkyl halides is 2. The van der Waals surface area contributed by atoms with Crippen LogP contribution in [0.2, 0.25) is 0 Å². The zero-order chi connectivity index (χ0) is 15.2. The van der Waals surface area contributed by atoms with Crippen LogP contribution >= 0.6 is 0 Å². The lowest BCUT2D eigenvalue weighted by Crippen LogP contribution is -2.14. The fourth-order valence-electron chi connectivity index (χ4n) is 1.94. The number of phenols is 1. The molecule has 0 aromatic heterocycles. The highest BCUT2D eigenvalue weighted by atomic mass is 19.3. The number of para-hydroxylation sites is 1. The molecule has 0 atom stereocenters. The highest BCUT2D eigenvalue weighted by Gasteiger charge is 2.08. The van der Waals surface area contributed by atoms with Crippen LogP contribution in [0.1, 0.15) is 11.1 Å². The second-order valence-corrected chi connectivity index (χ2v) is 4.41. The van der Waals surface area contributed by atoms with Crippen LogP contribution in [0.5, 0.6) is 11.5 Å². The maximum atomic E-state index is 13.1. The number of hydrogen-bond donors (Lipinski definition) is 2. The van der Waals surface area contributed by atoms with Crippen molar-refractivity contribution in [2.75, 3.05) is 0 Å². The van der Waals surface area contributed by atoms with E-state index in [-0.39, 0.29) is 24.6 Å². The van der Waals surface area contributed by atoms with Gasteiger partial charge in [0.1, 0.15) is 17.3 Å². The normalized spacial score (nSPS) is 10.9. The predicted molar refractivity (Wildman–Crippen MR) is 71.7 cm³/mol. The lowest BCUT2D eigenvalue weighted by molar-refractivity contribution is -0.0505. The molecule has 0 aliphatic heterocycles. The predicted octanol–water partition coefficient (Wildman–Crippen LogP) is 3.42. The van der Waals surface area contributed by atoms with E-state index in [2.05, 4.69) is 10.1 Å². The van der Waals surface area contributed by atoms with Gasteiger partial charge in [-0.05, 0) is 23.8 Å². The average molecular weight is 297 g/mol. The maximum Gasteiger partial charge on any atom is 0.387 e. The molecule has 112 valence electrons. The van der Waals surface area contributed by atoms with E-state index in [9.17, 15) is 18.3 Å². The van der Waals surface area contributed by atoms with Crippen LogP contribution < -0.4 is 10.1 Å². The lowest BCUT2D eigenvalue weighted by atomic mass is 10.1. The number of rotatable bonds is 6. The summed E-state index contributed by atoms with van der Waals surface area (Å²) >= 11 is 0. The van der Waals surface area contributed by atoms with Gasteiger partial charge in [0, 0.05) is 24.7 Å². The third-order valence-electron chi connectivity index (χ3n) is 2.78. The monoisotopic (exact) mass is 297 g/mol. The number of halogens is 3. The molecular weight excluding hydrogens is 283 g/mol. The first-order chi connectivity index (χ1) is 10.0. The number of hydrogen-bond acceptors (Lipinski definition) is 3. The standard InChI is InChI=1S/C15H14F3NO2/c16-12-5-10(6-13(20)7-12)8-19-9-11-3-1-2-4-14(11)21-15(17)18/h1-7,15,19-20H,8-9H2. The van der Waals surface area contributed by atoms with Gasteiger partial charge in [-0.3, -0.25) is 0 Å². The van der Waals surface area contributed by atoms with Crippen LogP contribution in [0, 0.1) is 5.82 Å². The highest BCUT2D eigenvalue weighted by Crippen LogP contribution is 2.20. The summed E-state index contributed by atoms with van der Waals surface area (Å²) in [5.74, 6) is -0.594. The third kappa shape index (κ3) is 4.68. The van der Waals surface area contributed by atoms with E-state index in [1.807, 2.05) is 0 Å². The Morgan fingerprint density at radius 2 is 1.86 bits per heavy atom. The molecule has 0 fully saturated rings. The maximum absolute atomic E-state index is 13.1. The zero-order valence-electron chi connectivity index (χ0n) is 11.0. The minimum absolute atomic E-state index is 0.0992. The fourth-order valence-corrected chi connectivity index (χ4v) is 1.94. The Balaban J connectivity index is 1.97. The summed E-state index contributed by atoms with van der Waals surface area (Å²) < 4.78 is 42.0. The summed E-state index contributed by atoms with van der Waals surface area (Å²) in [4.78, 5) is 0. The SMILES string of the molecule is Oc1cc(F)cc(CNCc2ccccc2OC(F)F)c1. The van der Waals surface area contributed by atoms with E-state index in [4.69, 9.17) is 0 Å². The molecule has 3 nitrogen and oxygen atoms in total. The van der Waals surface area contributed by atoms with Crippen molar-refractivity contribution in [3.05, 3.63) is 59.4 Å². The average Bonchev–Trinajstić information content (AvgIpc) is 2.39. The molecule has 0 aliphatic rings. The van der Waals surface area contributed by atoms with Gasteiger partial charge in [0.05, 0.1) is 0 Å². The Morgan fingerprint density at radius 1 is 1.10 bits per heavy atom. The van der Waals surface area contributed by atoms with Gasteiger partial charge in [0.25, 0.3) is 0 Å². The third-order valence-corrected chi connectivity index (χ3v) is 2.78. The van der Waals surface area contributed by atoms with E-state index in [1.54, 1.807) is 18.2 Å². The molecule has 0 bridgehead atoms. The minimum atomic E-state index is -2.88. The summed E-state index contributed by atoms with van der Waals surface area (Å²) in [6.07, 6.45) is 0. The van der Waals surface area contributed by atoms with E-state index in [1.165, 1.54) is 18.2 Å². The number of phenolic OH excluding ortho intramolecular Hbond substituents is 1. The van der Waals surface area contributed by atoms with E-state index in [0.717, 1.165) is 6.07 Å². The summed E-state index contributed by atoms with van der Waals surface area (Å²) in [6, 6.07) is 10.2. The van der Waals surface area contributed by atoms with Crippen molar-refractivity contribution in [3.63, 3.8) is 0 Å². The first kappa shape index (κ1) is 15.2. The Hall–Kier alpha value is -2.21. The topological polar surface area (TPSA) is 41.5 Å². The molecule has 2 N–H and O–H groups in total. The van der Waals surface area contributed by atoms with Gasteiger partial charge in [-0.2, -0.15) is 8.78 Å². The van der Waals surface area contributed by atoms with Crippen molar-refractivity contribution in [1.82, 2.24) is 5.32 Å². The first-order valence-corrected chi connectivity index (χ1v) is 6.26. The van der Waals surface area contributed by atoms with Gasteiger partial charge < -0.3 is 15.2 Å². The lowest BCUT2D eigenvalue weighted by Gasteiger charge is -2.11. The number of ether oxygens (including phenoxy) is 1. The van der Waals surface area contributed by atoms with Gasteiger partial charge >= 0.3 is 6.61 Å². The van der Waals surface area contributed by atoms with Crippen LogP contribution in [0.25, 0.3) is 0 Å². The zero-order valence-corrected chi connectivity index (χ0v) is 11.0. The molecule has 2 rings (SSSR count). The van der Waals surface area contributed by atoms with Crippen molar-refractivity contribution >= 4 is 0 Å². The second kappa shape index (κ2) is 6.99. The molecule has 0 aliphatic carbocycles. The molecule has 0 amide bonds. The molecule has 0 saturated heterocycles. The van der Waals surface area contributed by atoms with Gasteiger partial charge in [-0.25, -0.2) is 4.39 Å². The molecule has 0 saturated carbocycles. The molecule has 21 heavy (non-hydrogen) atoms. The minimum Gasteiger partial charge on any atom is -0.508 e. The van der Waals surface area contributed by atoms with E-state index in [0.29, 0.717) is 11.1 Å². The van der Waals surface area contributed by atoms with Crippen LogP contribution in [0.15, 0.2) is 42.5 Å². The smallest absolute Gasteiger partial charge is 0.387 e. The Bertz CT molecular complexity index is 585. The quantitative estimate of drug-likeness (QED) is 0.858. The number of nitrogens with one attached hydrogen (secondary N) is 1. The summed E-state index contributed by atoms with van der Waals surface area (Å²) in [5.41, 5.74) is 1.12. The molecular formula is C15H14F3NO2. The Morgan fingerprint density at radius 3 is 2.57 bits per heavy atom. The number of benzene rings is 2. The van der Waals surface area contributed by atoms with Crippen molar-refractivity contribution < 1.29 is 23.0 Å².